The van der Waals surface area contributed by atoms with E-state index in [0.29, 0.717) is 11.3 Å². The Morgan fingerprint density at radius 2 is 1.95 bits per heavy atom. The van der Waals surface area contributed by atoms with Gasteiger partial charge in [-0.25, -0.2) is 4.39 Å². The van der Waals surface area contributed by atoms with Crippen LogP contribution in [0.1, 0.15) is 22.3 Å². The number of hydrogen-bond donors (Lipinski definition) is 0. The highest BCUT2D eigenvalue weighted by Crippen LogP contribution is 2.16. The maximum absolute atomic E-state index is 13.9. The van der Waals surface area contributed by atoms with Gasteiger partial charge in [0.1, 0.15) is 11.9 Å². The number of halogens is 1. The van der Waals surface area contributed by atoms with Gasteiger partial charge in [0, 0.05) is 22.1 Å². The molecule has 20 heavy (non-hydrogen) atoms. The third kappa shape index (κ3) is 3.52. The van der Waals surface area contributed by atoms with Crippen LogP contribution in [0.2, 0.25) is 0 Å². The van der Waals surface area contributed by atoms with Crippen LogP contribution in [-0.4, -0.2) is 4.21 Å². The van der Waals surface area contributed by atoms with Crippen LogP contribution in [0.15, 0.2) is 42.5 Å². The minimum atomic E-state index is -1.20. The summed E-state index contributed by atoms with van der Waals surface area (Å²) >= 11 is 0. The second kappa shape index (κ2) is 6.44. The summed E-state index contributed by atoms with van der Waals surface area (Å²) in [6, 6.07) is 14.2. The minimum Gasteiger partial charge on any atom is -0.259 e. The standard InChI is InChI=1S/C16H14FNOS/c1-12-4-2-5-13(8-12)10-20(19)11-15-7-3-6-14(9-18)16(15)17/h2-8H,10-11H2,1H3. The van der Waals surface area contributed by atoms with Crippen molar-refractivity contribution in [1.29, 1.82) is 5.26 Å². The van der Waals surface area contributed by atoms with Gasteiger partial charge in [0.2, 0.25) is 0 Å². The summed E-state index contributed by atoms with van der Waals surface area (Å²) in [4.78, 5) is 0. The quantitative estimate of drug-likeness (QED) is 0.864. The van der Waals surface area contributed by atoms with Crippen LogP contribution in [-0.2, 0) is 22.3 Å². The molecule has 1 unspecified atom stereocenters. The van der Waals surface area contributed by atoms with Crippen LogP contribution >= 0.6 is 0 Å². The maximum Gasteiger partial charge on any atom is 0.145 e. The van der Waals surface area contributed by atoms with Gasteiger partial charge in [-0.2, -0.15) is 5.26 Å². The molecule has 1 atom stereocenters. The fourth-order valence-electron chi connectivity index (χ4n) is 1.99. The molecular formula is C16H14FNOS. The van der Waals surface area contributed by atoms with Crippen molar-refractivity contribution in [2.75, 3.05) is 0 Å². The Kier molecular flexibility index (Phi) is 4.65. The smallest absolute Gasteiger partial charge is 0.145 e. The fraction of sp³-hybridized carbons (Fsp3) is 0.188. The van der Waals surface area contributed by atoms with E-state index >= 15 is 0 Å². The number of nitrogens with zero attached hydrogens (tertiary/aromatic N) is 1. The first-order valence-electron chi connectivity index (χ1n) is 6.18. The first kappa shape index (κ1) is 14.4. The van der Waals surface area contributed by atoms with Gasteiger partial charge in [-0.05, 0) is 18.6 Å². The Balaban J connectivity index is 2.11. The molecule has 2 aromatic rings. The van der Waals surface area contributed by atoms with Gasteiger partial charge >= 0.3 is 0 Å². The van der Waals surface area contributed by atoms with Gasteiger partial charge in [-0.15, -0.1) is 0 Å². The molecule has 0 radical (unpaired) electrons. The molecular weight excluding hydrogens is 273 g/mol. The molecule has 0 aromatic heterocycles. The van der Waals surface area contributed by atoms with E-state index in [1.807, 2.05) is 31.2 Å². The topological polar surface area (TPSA) is 40.9 Å². The summed E-state index contributed by atoms with van der Waals surface area (Å²) < 4.78 is 26.0. The maximum atomic E-state index is 13.9. The third-order valence-corrected chi connectivity index (χ3v) is 4.21. The van der Waals surface area contributed by atoms with E-state index in [4.69, 9.17) is 5.26 Å². The zero-order valence-corrected chi connectivity index (χ0v) is 11.9. The van der Waals surface area contributed by atoms with E-state index in [1.165, 1.54) is 6.07 Å². The largest absolute Gasteiger partial charge is 0.259 e. The average Bonchev–Trinajstić information content (AvgIpc) is 2.41. The molecule has 0 amide bonds. The Morgan fingerprint density at radius 3 is 2.65 bits per heavy atom. The molecule has 4 heteroatoms. The monoisotopic (exact) mass is 287 g/mol. The van der Waals surface area contributed by atoms with Crippen molar-refractivity contribution in [3.05, 3.63) is 70.5 Å². The predicted octanol–water partition coefficient (Wildman–Crippen LogP) is 3.45. The highest BCUT2D eigenvalue weighted by atomic mass is 32.2. The van der Waals surface area contributed by atoms with Gasteiger partial charge in [-0.1, -0.05) is 42.0 Å². The number of nitriles is 1. The van der Waals surface area contributed by atoms with Crippen LogP contribution in [0.5, 0.6) is 0 Å². The lowest BCUT2D eigenvalue weighted by atomic mass is 10.1. The van der Waals surface area contributed by atoms with E-state index in [9.17, 15) is 8.60 Å². The normalized spacial score (nSPS) is 11.8. The Labute approximate surface area is 120 Å². The summed E-state index contributed by atoms with van der Waals surface area (Å²) in [5, 5.41) is 8.78. The summed E-state index contributed by atoms with van der Waals surface area (Å²) in [6.07, 6.45) is 0. The number of aryl methyl sites for hydroxylation is 1. The van der Waals surface area contributed by atoms with Crippen molar-refractivity contribution < 1.29 is 8.60 Å². The van der Waals surface area contributed by atoms with Crippen molar-refractivity contribution >= 4 is 10.8 Å². The van der Waals surface area contributed by atoms with E-state index in [1.54, 1.807) is 18.2 Å². The van der Waals surface area contributed by atoms with E-state index in [2.05, 4.69) is 0 Å². The van der Waals surface area contributed by atoms with Gasteiger partial charge < -0.3 is 0 Å². The van der Waals surface area contributed by atoms with Gasteiger partial charge in [0.05, 0.1) is 11.3 Å². The molecule has 0 saturated carbocycles. The summed E-state index contributed by atoms with van der Waals surface area (Å²) in [5.74, 6) is -0.0553. The molecule has 0 spiro atoms. The molecule has 102 valence electrons. The molecule has 0 aliphatic rings. The molecule has 2 rings (SSSR count). The SMILES string of the molecule is Cc1cccc(CS(=O)Cc2cccc(C#N)c2F)c1. The molecule has 0 aliphatic heterocycles. The average molecular weight is 287 g/mol. The van der Waals surface area contributed by atoms with Crippen LogP contribution in [0.25, 0.3) is 0 Å². The lowest BCUT2D eigenvalue weighted by molar-refractivity contribution is 0.611. The van der Waals surface area contributed by atoms with Crippen molar-refractivity contribution in [3.63, 3.8) is 0 Å². The molecule has 0 bridgehead atoms. The number of rotatable bonds is 4. The number of benzene rings is 2. The van der Waals surface area contributed by atoms with Crippen LogP contribution in [0, 0.1) is 24.1 Å². The van der Waals surface area contributed by atoms with E-state index in [0.717, 1.165) is 11.1 Å². The van der Waals surface area contributed by atoms with Crippen molar-refractivity contribution in [2.24, 2.45) is 0 Å². The fourth-order valence-corrected chi connectivity index (χ4v) is 3.21. The Morgan fingerprint density at radius 1 is 1.20 bits per heavy atom. The van der Waals surface area contributed by atoms with Crippen molar-refractivity contribution in [2.45, 2.75) is 18.4 Å². The minimum absolute atomic E-state index is 0.00458. The van der Waals surface area contributed by atoms with E-state index < -0.39 is 16.6 Å². The predicted molar refractivity (Wildman–Crippen MR) is 77.8 cm³/mol. The first-order chi connectivity index (χ1) is 9.60. The second-order valence-corrected chi connectivity index (χ2v) is 6.07. The van der Waals surface area contributed by atoms with Gasteiger partial charge in [-0.3, -0.25) is 4.21 Å². The molecule has 0 fully saturated rings. The van der Waals surface area contributed by atoms with Crippen molar-refractivity contribution in [3.8, 4) is 6.07 Å². The van der Waals surface area contributed by atoms with E-state index in [-0.39, 0.29) is 11.3 Å². The van der Waals surface area contributed by atoms with Gasteiger partial charge in [0.25, 0.3) is 0 Å². The Bertz CT molecular complexity index is 691. The Hall–Kier alpha value is -1.99. The zero-order valence-electron chi connectivity index (χ0n) is 11.1. The lowest BCUT2D eigenvalue weighted by Gasteiger charge is -2.06. The molecule has 0 N–H and O–H groups in total. The lowest BCUT2D eigenvalue weighted by Crippen LogP contribution is -2.02. The second-order valence-electron chi connectivity index (χ2n) is 4.61. The summed E-state index contributed by atoms with van der Waals surface area (Å²) in [7, 11) is -1.20. The molecule has 2 nitrogen and oxygen atoms in total. The highest BCUT2D eigenvalue weighted by molar-refractivity contribution is 7.83. The highest BCUT2D eigenvalue weighted by Gasteiger charge is 2.11. The van der Waals surface area contributed by atoms with Gasteiger partial charge in [0.15, 0.2) is 0 Å². The molecule has 0 saturated heterocycles. The molecule has 0 aliphatic carbocycles. The summed E-state index contributed by atoms with van der Waals surface area (Å²) in [6.45, 7) is 1.97. The van der Waals surface area contributed by atoms with Crippen LogP contribution in [0.4, 0.5) is 4.39 Å². The first-order valence-corrected chi connectivity index (χ1v) is 7.67. The van der Waals surface area contributed by atoms with Crippen molar-refractivity contribution in [1.82, 2.24) is 0 Å². The molecule has 2 aromatic carbocycles. The number of hydrogen-bond acceptors (Lipinski definition) is 2. The zero-order chi connectivity index (χ0) is 14.5. The summed E-state index contributed by atoms with van der Waals surface area (Å²) in [5.41, 5.74) is 2.41. The van der Waals surface area contributed by atoms with Crippen LogP contribution < -0.4 is 0 Å². The third-order valence-electron chi connectivity index (χ3n) is 2.93. The molecule has 0 heterocycles. The van der Waals surface area contributed by atoms with Crippen LogP contribution in [0.3, 0.4) is 0 Å².